The Morgan fingerprint density at radius 3 is 2.55 bits per heavy atom. The summed E-state index contributed by atoms with van der Waals surface area (Å²) in [5, 5.41) is 5.78. The van der Waals surface area contributed by atoms with Gasteiger partial charge >= 0.3 is 6.03 Å². The van der Waals surface area contributed by atoms with Gasteiger partial charge in [0.05, 0.1) is 25.3 Å². The van der Waals surface area contributed by atoms with E-state index in [2.05, 4.69) is 10.6 Å². The number of para-hydroxylation sites is 1. The van der Waals surface area contributed by atoms with E-state index in [4.69, 9.17) is 9.47 Å². The Morgan fingerprint density at radius 2 is 1.95 bits per heavy atom. The molecule has 1 rings (SSSR count). The van der Waals surface area contributed by atoms with Crippen LogP contribution >= 0.6 is 0 Å². The zero-order valence-electron chi connectivity index (χ0n) is 12.8. The molecule has 2 N–H and O–H groups in total. The number of nitrogens with one attached hydrogen (secondary N) is 2. The lowest BCUT2D eigenvalue weighted by Crippen LogP contribution is -2.49. The first-order valence-electron chi connectivity index (χ1n) is 6.62. The van der Waals surface area contributed by atoms with Crippen LogP contribution in [0.5, 0.6) is 5.75 Å². The molecule has 0 spiro atoms. The van der Waals surface area contributed by atoms with Crippen molar-refractivity contribution in [1.29, 1.82) is 0 Å². The summed E-state index contributed by atoms with van der Waals surface area (Å²) >= 11 is 0. The van der Waals surface area contributed by atoms with E-state index < -0.39 is 5.54 Å². The van der Waals surface area contributed by atoms with Gasteiger partial charge in [-0.2, -0.15) is 0 Å². The van der Waals surface area contributed by atoms with E-state index >= 15 is 0 Å². The van der Waals surface area contributed by atoms with Crippen molar-refractivity contribution in [3.8, 4) is 5.75 Å². The molecule has 5 nitrogen and oxygen atoms in total. The van der Waals surface area contributed by atoms with E-state index in [1.54, 1.807) is 14.2 Å². The molecule has 0 aliphatic rings. The molecule has 1 unspecified atom stereocenters. The summed E-state index contributed by atoms with van der Waals surface area (Å²) in [6, 6.07) is 7.37. The van der Waals surface area contributed by atoms with Crippen molar-refractivity contribution in [2.24, 2.45) is 0 Å². The van der Waals surface area contributed by atoms with Crippen LogP contribution in [0.25, 0.3) is 0 Å². The van der Waals surface area contributed by atoms with Gasteiger partial charge in [-0.05, 0) is 26.8 Å². The van der Waals surface area contributed by atoms with Crippen molar-refractivity contribution in [3.63, 3.8) is 0 Å². The van der Waals surface area contributed by atoms with Crippen LogP contribution in [0.4, 0.5) is 4.79 Å². The monoisotopic (exact) mass is 280 g/mol. The van der Waals surface area contributed by atoms with Crippen LogP contribution < -0.4 is 15.4 Å². The third-order valence-electron chi connectivity index (χ3n) is 3.00. The lowest BCUT2D eigenvalue weighted by atomic mass is 9.93. The summed E-state index contributed by atoms with van der Waals surface area (Å²) in [5.41, 5.74) is 0.390. The highest BCUT2D eigenvalue weighted by Gasteiger charge is 2.26. The van der Waals surface area contributed by atoms with Crippen molar-refractivity contribution in [2.45, 2.75) is 32.4 Å². The van der Waals surface area contributed by atoms with E-state index in [1.165, 1.54) is 0 Å². The first-order valence-corrected chi connectivity index (χ1v) is 6.62. The quantitative estimate of drug-likeness (QED) is 0.840. The molecule has 112 valence electrons. The van der Waals surface area contributed by atoms with Crippen molar-refractivity contribution in [3.05, 3.63) is 29.8 Å². The first-order chi connectivity index (χ1) is 9.40. The minimum absolute atomic E-state index is 0.0477. The van der Waals surface area contributed by atoms with Crippen LogP contribution in [0.1, 0.15) is 26.3 Å². The second-order valence-corrected chi connectivity index (χ2v) is 5.28. The summed E-state index contributed by atoms with van der Waals surface area (Å²) in [7, 11) is 3.23. The molecule has 0 bridgehead atoms. The summed E-state index contributed by atoms with van der Waals surface area (Å²) in [5.74, 6) is 0.753. The van der Waals surface area contributed by atoms with Crippen LogP contribution in [0, 0.1) is 0 Å². The minimum Gasteiger partial charge on any atom is -0.496 e. The van der Waals surface area contributed by atoms with Crippen molar-refractivity contribution in [1.82, 2.24) is 10.6 Å². The topological polar surface area (TPSA) is 59.6 Å². The minimum atomic E-state index is -0.538. The Kier molecular flexibility index (Phi) is 5.82. The maximum absolute atomic E-state index is 12.0. The molecule has 1 atom stereocenters. The number of urea groups is 1. The Hall–Kier alpha value is -1.75. The summed E-state index contributed by atoms with van der Waals surface area (Å²) in [6.07, 6.45) is 0. The largest absolute Gasteiger partial charge is 0.496 e. The molecule has 20 heavy (non-hydrogen) atoms. The smallest absolute Gasteiger partial charge is 0.315 e. The number of carbonyl (C=O) groups is 1. The molecule has 5 heteroatoms. The Balaban J connectivity index is 2.76. The molecule has 1 aromatic rings. The van der Waals surface area contributed by atoms with Gasteiger partial charge in [-0.1, -0.05) is 18.2 Å². The van der Waals surface area contributed by atoms with Crippen molar-refractivity contribution < 1.29 is 14.3 Å². The molecule has 0 radical (unpaired) electrons. The van der Waals surface area contributed by atoms with E-state index in [-0.39, 0.29) is 12.1 Å². The maximum atomic E-state index is 12.0. The van der Waals surface area contributed by atoms with Gasteiger partial charge < -0.3 is 20.1 Å². The normalized spacial score (nSPS) is 12.7. The highest BCUT2D eigenvalue weighted by Crippen LogP contribution is 2.29. The Morgan fingerprint density at radius 1 is 1.30 bits per heavy atom. The van der Waals surface area contributed by atoms with E-state index in [0.29, 0.717) is 6.61 Å². The maximum Gasteiger partial charge on any atom is 0.315 e. The molecule has 1 aromatic carbocycles. The van der Waals surface area contributed by atoms with Gasteiger partial charge in [0.15, 0.2) is 0 Å². The van der Waals surface area contributed by atoms with Crippen LogP contribution in [-0.2, 0) is 10.3 Å². The SMILES string of the molecule is COCC(C)NC(=O)NC(C)(C)c1ccccc1OC. The summed E-state index contributed by atoms with van der Waals surface area (Å²) in [4.78, 5) is 12.0. The predicted octanol–water partition coefficient (Wildman–Crippen LogP) is 2.26. The standard InChI is InChI=1S/C15H24N2O3/c1-11(10-19-4)16-14(18)17-15(2,3)12-8-6-7-9-13(12)20-5/h6-9,11H,10H2,1-5H3,(H2,16,17,18). The molecular weight excluding hydrogens is 256 g/mol. The number of methoxy groups -OCH3 is 2. The molecule has 0 aromatic heterocycles. The van der Waals surface area contributed by atoms with Crippen LogP contribution in [-0.4, -0.2) is 32.9 Å². The molecule has 0 saturated heterocycles. The summed E-state index contributed by atoms with van der Waals surface area (Å²) < 4.78 is 10.3. The second-order valence-electron chi connectivity index (χ2n) is 5.28. The predicted molar refractivity (Wildman–Crippen MR) is 79.0 cm³/mol. The molecular formula is C15H24N2O3. The van der Waals surface area contributed by atoms with E-state index in [0.717, 1.165) is 11.3 Å². The van der Waals surface area contributed by atoms with E-state index in [1.807, 2.05) is 45.0 Å². The fraction of sp³-hybridized carbons (Fsp3) is 0.533. The average Bonchev–Trinajstić information content (AvgIpc) is 2.38. The lowest BCUT2D eigenvalue weighted by molar-refractivity contribution is 0.169. The van der Waals surface area contributed by atoms with Gasteiger partial charge in [0.25, 0.3) is 0 Å². The van der Waals surface area contributed by atoms with Crippen molar-refractivity contribution in [2.75, 3.05) is 20.8 Å². The van der Waals surface area contributed by atoms with Gasteiger partial charge in [0.1, 0.15) is 5.75 Å². The van der Waals surface area contributed by atoms with Gasteiger partial charge in [0.2, 0.25) is 0 Å². The molecule has 0 fully saturated rings. The zero-order valence-corrected chi connectivity index (χ0v) is 12.8. The third-order valence-corrected chi connectivity index (χ3v) is 3.00. The van der Waals surface area contributed by atoms with Crippen LogP contribution in [0.3, 0.4) is 0 Å². The Labute approximate surface area is 120 Å². The number of hydrogen-bond donors (Lipinski definition) is 2. The molecule has 2 amide bonds. The number of rotatable bonds is 6. The number of carbonyl (C=O) groups excluding carboxylic acids is 1. The summed E-state index contributed by atoms with van der Waals surface area (Å²) in [6.45, 7) is 6.23. The fourth-order valence-electron chi connectivity index (χ4n) is 2.06. The van der Waals surface area contributed by atoms with Crippen LogP contribution in [0.15, 0.2) is 24.3 Å². The lowest BCUT2D eigenvalue weighted by Gasteiger charge is -2.29. The number of ether oxygens (including phenoxy) is 2. The number of amides is 2. The van der Waals surface area contributed by atoms with Gasteiger partial charge in [-0.15, -0.1) is 0 Å². The number of hydrogen-bond acceptors (Lipinski definition) is 3. The molecule has 0 aliphatic heterocycles. The van der Waals surface area contributed by atoms with Crippen LogP contribution in [0.2, 0.25) is 0 Å². The number of benzene rings is 1. The van der Waals surface area contributed by atoms with Crippen molar-refractivity contribution >= 4 is 6.03 Å². The molecule has 0 saturated carbocycles. The third kappa shape index (κ3) is 4.42. The average molecular weight is 280 g/mol. The highest BCUT2D eigenvalue weighted by atomic mass is 16.5. The zero-order chi connectivity index (χ0) is 15.2. The Bertz CT molecular complexity index is 446. The molecule has 0 heterocycles. The van der Waals surface area contributed by atoms with E-state index in [9.17, 15) is 4.79 Å². The van der Waals surface area contributed by atoms with Gasteiger partial charge in [-0.25, -0.2) is 4.79 Å². The second kappa shape index (κ2) is 7.14. The fourth-order valence-corrected chi connectivity index (χ4v) is 2.06. The molecule has 0 aliphatic carbocycles. The van der Waals surface area contributed by atoms with Gasteiger partial charge in [-0.3, -0.25) is 0 Å². The highest BCUT2D eigenvalue weighted by molar-refractivity contribution is 5.75. The van der Waals surface area contributed by atoms with Gasteiger partial charge in [0, 0.05) is 12.7 Å². The first kappa shape index (κ1) is 16.3.